The zero-order chi connectivity index (χ0) is 24.0. The molecule has 174 valence electrons. The predicted octanol–water partition coefficient (Wildman–Crippen LogP) is 4.40. The van der Waals surface area contributed by atoms with Crippen LogP contribution < -0.4 is 20.6 Å². The number of hydrogen-bond donors (Lipinski definition) is 2. The molecule has 1 atom stereocenters. The first-order valence-corrected chi connectivity index (χ1v) is 11.4. The van der Waals surface area contributed by atoms with Gasteiger partial charge in [0.15, 0.2) is 5.65 Å². The molecule has 1 aliphatic rings. The summed E-state index contributed by atoms with van der Waals surface area (Å²) in [6.45, 7) is 2.79. The molecule has 0 radical (unpaired) electrons. The lowest BCUT2D eigenvalue weighted by Crippen LogP contribution is -2.47. The standard InChI is InChI=1S/C24H21Cl2N5O3/c1-13-10-15(30-9-8-20(30)32)6-7-19(13)28-24-27-12-14-11-16(21-17(25)4-3-5-18(21)26)23(33)31(34-2)22(14)29-24/h3-7,10-12,20,32H,8-9H2,1-2H3,(H,27,28,29). The minimum atomic E-state index is -0.441. The Kier molecular flexibility index (Phi) is 5.81. The van der Waals surface area contributed by atoms with E-state index < -0.39 is 11.8 Å². The molecule has 0 saturated carbocycles. The fourth-order valence-corrected chi connectivity index (χ4v) is 4.60. The third-order valence-electron chi connectivity index (χ3n) is 5.89. The molecule has 1 aliphatic heterocycles. The first-order valence-electron chi connectivity index (χ1n) is 10.6. The van der Waals surface area contributed by atoms with Gasteiger partial charge in [-0.15, -0.1) is 4.73 Å². The summed E-state index contributed by atoms with van der Waals surface area (Å²) in [4.78, 5) is 29.5. The van der Waals surface area contributed by atoms with Gasteiger partial charge in [-0.05, 0) is 48.9 Å². The van der Waals surface area contributed by atoms with Gasteiger partial charge in [-0.3, -0.25) is 4.79 Å². The molecule has 0 spiro atoms. The SMILES string of the molecule is COn1c(=O)c(-c2c(Cl)cccc2Cl)cc2cnc(Nc3ccc(N4CCC4O)cc3C)nc21. The van der Waals surface area contributed by atoms with E-state index in [1.165, 1.54) is 7.11 Å². The lowest BCUT2D eigenvalue weighted by molar-refractivity contribution is 0.113. The van der Waals surface area contributed by atoms with Crippen molar-refractivity contribution in [3.05, 3.63) is 74.6 Å². The van der Waals surface area contributed by atoms with Crippen LogP contribution in [0.5, 0.6) is 0 Å². The maximum atomic E-state index is 13.2. The molecule has 2 N–H and O–H groups in total. The van der Waals surface area contributed by atoms with Crippen LogP contribution in [0.25, 0.3) is 22.2 Å². The number of pyridine rings is 1. The Labute approximate surface area is 205 Å². The summed E-state index contributed by atoms with van der Waals surface area (Å²) in [6, 6.07) is 12.6. The minimum Gasteiger partial charge on any atom is -0.412 e. The zero-order valence-electron chi connectivity index (χ0n) is 18.4. The Balaban J connectivity index is 1.53. The van der Waals surface area contributed by atoms with E-state index in [9.17, 15) is 9.90 Å². The molecule has 0 aliphatic carbocycles. The monoisotopic (exact) mass is 497 g/mol. The van der Waals surface area contributed by atoms with Crippen LogP contribution in [0, 0.1) is 6.92 Å². The van der Waals surface area contributed by atoms with Crippen molar-refractivity contribution in [3.63, 3.8) is 0 Å². The summed E-state index contributed by atoms with van der Waals surface area (Å²) in [7, 11) is 1.39. The molecular formula is C24H21Cl2N5O3. The summed E-state index contributed by atoms with van der Waals surface area (Å²) in [6.07, 6.45) is 1.95. The van der Waals surface area contributed by atoms with Gasteiger partial charge in [0.25, 0.3) is 5.56 Å². The van der Waals surface area contributed by atoms with E-state index in [0.29, 0.717) is 32.6 Å². The largest absolute Gasteiger partial charge is 0.412 e. The van der Waals surface area contributed by atoms with E-state index in [-0.39, 0.29) is 5.56 Å². The van der Waals surface area contributed by atoms with Gasteiger partial charge in [-0.2, -0.15) is 4.98 Å². The molecular weight excluding hydrogens is 477 g/mol. The van der Waals surface area contributed by atoms with Crippen molar-refractivity contribution < 1.29 is 9.94 Å². The smallest absolute Gasteiger partial charge is 0.293 e. The summed E-state index contributed by atoms with van der Waals surface area (Å²) in [5, 5.41) is 14.4. The van der Waals surface area contributed by atoms with Crippen LogP contribution >= 0.6 is 23.2 Å². The van der Waals surface area contributed by atoms with Gasteiger partial charge in [0.05, 0.1) is 15.6 Å². The maximum absolute atomic E-state index is 13.2. The molecule has 0 bridgehead atoms. The van der Waals surface area contributed by atoms with Crippen molar-refractivity contribution in [2.75, 3.05) is 23.9 Å². The molecule has 10 heteroatoms. The molecule has 2 aromatic carbocycles. The Morgan fingerprint density at radius 2 is 1.94 bits per heavy atom. The molecule has 2 aromatic heterocycles. The Morgan fingerprint density at radius 1 is 1.18 bits per heavy atom. The number of nitrogens with zero attached hydrogens (tertiary/aromatic N) is 4. The second-order valence-corrected chi connectivity index (χ2v) is 8.81. The van der Waals surface area contributed by atoms with Gasteiger partial charge >= 0.3 is 0 Å². The second-order valence-electron chi connectivity index (χ2n) is 8.00. The maximum Gasteiger partial charge on any atom is 0.293 e. The second kappa shape index (κ2) is 8.79. The number of hydrogen-bond acceptors (Lipinski definition) is 7. The van der Waals surface area contributed by atoms with Crippen LogP contribution in [0.2, 0.25) is 10.0 Å². The van der Waals surface area contributed by atoms with E-state index in [1.807, 2.05) is 30.0 Å². The number of anilines is 3. The highest BCUT2D eigenvalue weighted by atomic mass is 35.5. The Bertz CT molecular complexity index is 1450. The number of aromatic nitrogens is 3. The molecule has 5 rings (SSSR count). The quantitative estimate of drug-likeness (QED) is 0.421. The van der Waals surface area contributed by atoms with Crippen molar-refractivity contribution >= 4 is 51.6 Å². The van der Waals surface area contributed by atoms with Crippen LogP contribution in [-0.2, 0) is 0 Å². The summed E-state index contributed by atoms with van der Waals surface area (Å²) in [5.74, 6) is 0.307. The van der Waals surface area contributed by atoms with E-state index in [1.54, 1.807) is 30.5 Å². The number of aryl methyl sites for hydroxylation is 1. The average molecular weight is 498 g/mol. The zero-order valence-corrected chi connectivity index (χ0v) is 19.9. The van der Waals surface area contributed by atoms with Crippen LogP contribution in [0.3, 0.4) is 0 Å². The summed E-state index contributed by atoms with van der Waals surface area (Å²) >= 11 is 12.7. The Morgan fingerprint density at radius 3 is 2.56 bits per heavy atom. The number of benzene rings is 2. The summed E-state index contributed by atoms with van der Waals surface area (Å²) < 4.78 is 1.10. The highest BCUT2D eigenvalue weighted by Crippen LogP contribution is 2.34. The highest BCUT2D eigenvalue weighted by molar-refractivity contribution is 6.39. The van der Waals surface area contributed by atoms with Crippen molar-refractivity contribution in [1.82, 2.24) is 14.7 Å². The average Bonchev–Trinajstić information content (AvgIpc) is 2.80. The molecule has 1 unspecified atom stereocenters. The lowest BCUT2D eigenvalue weighted by Gasteiger charge is -2.39. The van der Waals surface area contributed by atoms with E-state index in [2.05, 4.69) is 15.3 Å². The predicted molar refractivity (Wildman–Crippen MR) is 134 cm³/mol. The number of rotatable bonds is 5. The van der Waals surface area contributed by atoms with Gasteiger partial charge in [0.2, 0.25) is 5.95 Å². The number of halogens is 2. The topological polar surface area (TPSA) is 92.5 Å². The third kappa shape index (κ3) is 3.83. The molecule has 1 fully saturated rings. The third-order valence-corrected chi connectivity index (χ3v) is 6.52. The molecule has 8 nitrogen and oxygen atoms in total. The van der Waals surface area contributed by atoms with E-state index in [0.717, 1.165) is 34.6 Å². The van der Waals surface area contributed by atoms with E-state index in [4.69, 9.17) is 28.0 Å². The number of aliphatic hydroxyl groups excluding tert-OH is 1. The van der Waals surface area contributed by atoms with Gasteiger partial charge in [-0.25, -0.2) is 4.98 Å². The minimum absolute atomic E-state index is 0.286. The number of nitrogens with one attached hydrogen (secondary N) is 1. The molecule has 3 heterocycles. The molecule has 0 amide bonds. The Hall–Kier alpha value is -3.33. The normalized spacial score (nSPS) is 15.3. The van der Waals surface area contributed by atoms with Gasteiger partial charge < -0.3 is 20.2 Å². The van der Waals surface area contributed by atoms with Crippen molar-refractivity contribution in [3.8, 4) is 11.1 Å². The number of aliphatic hydroxyl groups is 1. The first-order chi connectivity index (χ1) is 16.4. The van der Waals surface area contributed by atoms with Crippen molar-refractivity contribution in [2.24, 2.45) is 0 Å². The van der Waals surface area contributed by atoms with E-state index >= 15 is 0 Å². The van der Waals surface area contributed by atoms with Gasteiger partial charge in [-0.1, -0.05) is 29.3 Å². The van der Waals surface area contributed by atoms with Crippen molar-refractivity contribution in [1.29, 1.82) is 0 Å². The van der Waals surface area contributed by atoms with Crippen LogP contribution in [-0.4, -0.2) is 39.7 Å². The highest BCUT2D eigenvalue weighted by Gasteiger charge is 2.26. The van der Waals surface area contributed by atoms with Crippen LogP contribution in [0.15, 0.2) is 53.5 Å². The lowest BCUT2D eigenvalue weighted by atomic mass is 10.1. The van der Waals surface area contributed by atoms with Gasteiger partial charge in [0, 0.05) is 41.5 Å². The summed E-state index contributed by atoms with van der Waals surface area (Å²) in [5.41, 5.74) is 3.30. The van der Waals surface area contributed by atoms with Crippen molar-refractivity contribution in [2.45, 2.75) is 19.6 Å². The fraction of sp³-hybridized carbons (Fsp3) is 0.208. The van der Waals surface area contributed by atoms with Crippen LogP contribution in [0.1, 0.15) is 12.0 Å². The van der Waals surface area contributed by atoms with Gasteiger partial charge in [0.1, 0.15) is 13.3 Å². The molecule has 1 saturated heterocycles. The van der Waals surface area contributed by atoms with Crippen LogP contribution in [0.4, 0.5) is 17.3 Å². The fourth-order valence-electron chi connectivity index (χ4n) is 4.00. The molecule has 4 aromatic rings. The number of fused-ring (bicyclic) bond motifs is 1. The molecule has 34 heavy (non-hydrogen) atoms. The first kappa shape index (κ1) is 22.5.